The fraction of sp³-hybridized carbons (Fsp3) is 0.667. The number of likely N-dealkylation sites (tertiary alicyclic amines) is 2. The van der Waals surface area contributed by atoms with Gasteiger partial charge in [-0.05, 0) is 50.0 Å². The van der Waals surface area contributed by atoms with Crippen LogP contribution in [-0.4, -0.2) is 60.5 Å². The van der Waals surface area contributed by atoms with Gasteiger partial charge in [0, 0.05) is 44.6 Å². The molecule has 1 spiro atoms. The zero-order valence-corrected chi connectivity index (χ0v) is 17.8. The summed E-state index contributed by atoms with van der Waals surface area (Å²) < 4.78 is 5.78. The molecular formula is C24H34N2O3. The Kier molecular flexibility index (Phi) is 5.95. The second kappa shape index (κ2) is 8.47. The molecule has 2 heterocycles. The number of ether oxygens (including phenoxy) is 1. The van der Waals surface area contributed by atoms with Gasteiger partial charge in [-0.1, -0.05) is 37.3 Å². The Hall–Kier alpha value is -1.88. The van der Waals surface area contributed by atoms with Crippen LogP contribution >= 0.6 is 0 Å². The first-order valence-corrected chi connectivity index (χ1v) is 11.2. The summed E-state index contributed by atoms with van der Waals surface area (Å²) in [4.78, 5) is 29.9. The smallest absolute Gasteiger partial charge is 0.252 e. The van der Waals surface area contributed by atoms with Crippen molar-refractivity contribution < 1.29 is 14.3 Å². The van der Waals surface area contributed by atoms with Crippen LogP contribution in [0.4, 0.5) is 0 Å². The van der Waals surface area contributed by atoms with Crippen molar-refractivity contribution in [1.82, 2.24) is 9.80 Å². The molecule has 3 unspecified atom stereocenters. The van der Waals surface area contributed by atoms with Gasteiger partial charge in [-0.2, -0.15) is 0 Å². The topological polar surface area (TPSA) is 49.9 Å². The highest BCUT2D eigenvalue weighted by Gasteiger charge is 2.48. The van der Waals surface area contributed by atoms with Crippen LogP contribution in [0.15, 0.2) is 30.3 Å². The highest BCUT2D eigenvalue weighted by atomic mass is 16.5. The minimum atomic E-state index is -0.249. The van der Waals surface area contributed by atoms with Crippen molar-refractivity contribution in [1.29, 1.82) is 0 Å². The van der Waals surface area contributed by atoms with Crippen molar-refractivity contribution in [2.45, 2.75) is 58.0 Å². The lowest BCUT2D eigenvalue weighted by atomic mass is 9.86. The third-order valence-electron chi connectivity index (χ3n) is 7.03. The molecule has 2 amide bonds. The Bertz CT molecular complexity index is 733. The lowest BCUT2D eigenvalue weighted by Crippen LogP contribution is -2.42. The number of carbonyl (C=O) groups is 2. The molecule has 1 aromatic carbocycles. The van der Waals surface area contributed by atoms with Crippen LogP contribution in [0.3, 0.4) is 0 Å². The maximum Gasteiger partial charge on any atom is 0.252 e. The minimum Gasteiger partial charge on any atom is -0.368 e. The highest BCUT2D eigenvalue weighted by molar-refractivity contribution is 5.82. The van der Waals surface area contributed by atoms with Crippen LogP contribution in [0, 0.1) is 11.3 Å². The van der Waals surface area contributed by atoms with Gasteiger partial charge in [0.2, 0.25) is 5.91 Å². The minimum absolute atomic E-state index is 0.0849. The Labute approximate surface area is 174 Å². The van der Waals surface area contributed by atoms with Crippen molar-refractivity contribution in [2.75, 3.05) is 32.8 Å². The normalized spacial score (nSPS) is 26.1. The summed E-state index contributed by atoms with van der Waals surface area (Å²) in [6.45, 7) is 7.87. The summed E-state index contributed by atoms with van der Waals surface area (Å²) in [7, 11) is 0. The van der Waals surface area contributed by atoms with Crippen molar-refractivity contribution in [3.8, 4) is 0 Å². The Balaban J connectivity index is 1.32. The number of hydrogen-bond donors (Lipinski definition) is 0. The molecular weight excluding hydrogens is 364 g/mol. The van der Waals surface area contributed by atoms with Gasteiger partial charge in [0.1, 0.15) is 6.10 Å². The first-order chi connectivity index (χ1) is 14.0. The second-order valence-corrected chi connectivity index (χ2v) is 9.30. The Morgan fingerprint density at radius 3 is 2.41 bits per heavy atom. The van der Waals surface area contributed by atoms with Gasteiger partial charge < -0.3 is 14.5 Å². The molecule has 1 aromatic rings. The third-order valence-corrected chi connectivity index (χ3v) is 7.03. The van der Waals surface area contributed by atoms with E-state index in [1.807, 2.05) is 34.9 Å². The van der Waals surface area contributed by atoms with E-state index in [-0.39, 0.29) is 29.3 Å². The summed E-state index contributed by atoms with van der Waals surface area (Å²) in [6.07, 6.45) is 4.53. The molecule has 5 nitrogen and oxygen atoms in total. The Morgan fingerprint density at radius 2 is 1.76 bits per heavy atom. The van der Waals surface area contributed by atoms with E-state index in [9.17, 15) is 9.59 Å². The van der Waals surface area contributed by atoms with Gasteiger partial charge in [0.05, 0.1) is 0 Å². The van der Waals surface area contributed by atoms with E-state index >= 15 is 0 Å². The SMILES string of the molecule is CCOC(C(=O)N1CCC2(CCN(C(=O)CC(C)c3ccccc3)C2)C1)C1CC1. The van der Waals surface area contributed by atoms with Crippen molar-refractivity contribution in [2.24, 2.45) is 11.3 Å². The Morgan fingerprint density at radius 1 is 1.10 bits per heavy atom. The fourth-order valence-electron chi connectivity index (χ4n) is 5.06. The molecule has 3 fully saturated rings. The van der Waals surface area contributed by atoms with Gasteiger partial charge in [0.15, 0.2) is 0 Å². The first kappa shape index (κ1) is 20.4. The maximum absolute atomic E-state index is 13.0. The van der Waals surface area contributed by atoms with Crippen LogP contribution in [0.5, 0.6) is 0 Å². The molecule has 0 radical (unpaired) electrons. The lowest BCUT2D eigenvalue weighted by Gasteiger charge is -2.27. The monoisotopic (exact) mass is 398 g/mol. The first-order valence-electron chi connectivity index (χ1n) is 11.2. The molecule has 0 aromatic heterocycles. The molecule has 0 bridgehead atoms. The molecule has 0 N–H and O–H groups in total. The fourth-order valence-corrected chi connectivity index (χ4v) is 5.06. The van der Waals surface area contributed by atoms with Crippen LogP contribution < -0.4 is 0 Å². The summed E-state index contributed by atoms with van der Waals surface area (Å²) in [5, 5.41) is 0. The average Bonchev–Trinajstić information content (AvgIpc) is 3.36. The van der Waals surface area contributed by atoms with E-state index in [0.717, 1.165) is 51.9 Å². The zero-order chi connectivity index (χ0) is 20.4. The molecule has 29 heavy (non-hydrogen) atoms. The lowest BCUT2D eigenvalue weighted by molar-refractivity contribution is -0.144. The number of carbonyl (C=O) groups excluding carboxylic acids is 2. The van der Waals surface area contributed by atoms with Crippen LogP contribution in [0.1, 0.15) is 57.4 Å². The second-order valence-electron chi connectivity index (χ2n) is 9.30. The van der Waals surface area contributed by atoms with E-state index in [4.69, 9.17) is 4.74 Å². The molecule has 1 saturated carbocycles. The average molecular weight is 399 g/mol. The van der Waals surface area contributed by atoms with E-state index in [1.165, 1.54) is 5.56 Å². The number of hydrogen-bond acceptors (Lipinski definition) is 3. The highest BCUT2D eigenvalue weighted by Crippen LogP contribution is 2.42. The summed E-state index contributed by atoms with van der Waals surface area (Å²) in [5.41, 5.74) is 1.30. The van der Waals surface area contributed by atoms with Crippen molar-refractivity contribution >= 4 is 11.8 Å². The zero-order valence-electron chi connectivity index (χ0n) is 17.8. The molecule has 5 heteroatoms. The van der Waals surface area contributed by atoms with Gasteiger partial charge in [-0.3, -0.25) is 9.59 Å². The van der Waals surface area contributed by atoms with E-state index in [0.29, 0.717) is 18.9 Å². The van der Waals surface area contributed by atoms with Gasteiger partial charge >= 0.3 is 0 Å². The summed E-state index contributed by atoms with van der Waals surface area (Å²) >= 11 is 0. The maximum atomic E-state index is 13.0. The van der Waals surface area contributed by atoms with Crippen molar-refractivity contribution in [3.05, 3.63) is 35.9 Å². The van der Waals surface area contributed by atoms with Crippen LogP contribution in [0.2, 0.25) is 0 Å². The summed E-state index contributed by atoms with van der Waals surface area (Å²) in [6, 6.07) is 10.3. The molecule has 2 aliphatic heterocycles. The molecule has 2 saturated heterocycles. The molecule has 4 rings (SSSR count). The van der Waals surface area contributed by atoms with E-state index < -0.39 is 0 Å². The summed E-state index contributed by atoms with van der Waals surface area (Å²) in [5.74, 6) is 1.06. The van der Waals surface area contributed by atoms with Gasteiger partial charge in [-0.15, -0.1) is 0 Å². The predicted octanol–water partition coefficient (Wildman–Crippen LogP) is 3.45. The third kappa shape index (κ3) is 4.50. The van der Waals surface area contributed by atoms with Crippen LogP contribution in [-0.2, 0) is 14.3 Å². The number of amides is 2. The largest absolute Gasteiger partial charge is 0.368 e. The number of nitrogens with zero attached hydrogens (tertiary/aromatic N) is 2. The standard InChI is InChI=1S/C24H34N2O3/c1-3-29-22(20-9-10-20)23(28)26-14-12-24(17-26)11-13-25(16-24)21(27)15-18(2)19-7-5-4-6-8-19/h4-8,18,20,22H,3,9-17H2,1-2H3. The predicted molar refractivity (Wildman–Crippen MR) is 112 cm³/mol. The van der Waals surface area contributed by atoms with Gasteiger partial charge in [-0.25, -0.2) is 0 Å². The van der Waals surface area contributed by atoms with Crippen molar-refractivity contribution in [3.63, 3.8) is 0 Å². The molecule has 3 aliphatic rings. The molecule has 3 atom stereocenters. The van der Waals surface area contributed by atoms with Gasteiger partial charge in [0.25, 0.3) is 5.91 Å². The number of benzene rings is 1. The molecule has 1 aliphatic carbocycles. The molecule has 158 valence electrons. The van der Waals surface area contributed by atoms with E-state index in [2.05, 4.69) is 19.1 Å². The number of rotatable bonds is 7. The van der Waals surface area contributed by atoms with E-state index in [1.54, 1.807) is 0 Å². The quantitative estimate of drug-likeness (QED) is 0.707. The van der Waals surface area contributed by atoms with Crippen LogP contribution in [0.25, 0.3) is 0 Å².